The predicted molar refractivity (Wildman–Crippen MR) is 192 cm³/mol. The summed E-state index contributed by atoms with van der Waals surface area (Å²) in [4.78, 5) is 5.13. The zero-order chi connectivity index (χ0) is 30.7. The molecule has 0 bridgehead atoms. The molecule has 1 aromatic heterocycles. The standard InChI is InChI=1S/C41H42N2/c1-9-15-33-26(5)20-25-37-39(36-18-13-14-19-38(36)43-41(33)37)31-23-21-30(22-24-31)29(8)42-40-32(12-4)34(16-10-2)27(6)28(7)35(40)17-11-3/h9-25,29,42H,4H2,1-3,5-8H3/b15-9-,16-10-,17-11-. The summed E-state index contributed by atoms with van der Waals surface area (Å²) >= 11 is 0. The molecule has 0 aliphatic carbocycles. The van der Waals surface area contributed by atoms with Crippen LogP contribution in [-0.2, 0) is 0 Å². The molecule has 0 aliphatic rings. The average Bonchev–Trinajstić information content (AvgIpc) is 3.02. The summed E-state index contributed by atoms with van der Waals surface area (Å²) in [5.41, 5.74) is 15.4. The van der Waals surface area contributed by atoms with Gasteiger partial charge in [-0.25, -0.2) is 4.98 Å². The molecule has 2 nitrogen and oxygen atoms in total. The molecule has 0 radical (unpaired) electrons. The lowest BCUT2D eigenvalue weighted by Crippen LogP contribution is -2.11. The van der Waals surface area contributed by atoms with E-state index >= 15 is 0 Å². The zero-order valence-corrected chi connectivity index (χ0v) is 26.5. The van der Waals surface area contributed by atoms with Crippen molar-refractivity contribution in [3.63, 3.8) is 0 Å². The molecule has 216 valence electrons. The summed E-state index contributed by atoms with van der Waals surface area (Å²) < 4.78 is 0. The van der Waals surface area contributed by atoms with Crippen molar-refractivity contribution in [2.24, 2.45) is 0 Å². The lowest BCUT2D eigenvalue weighted by molar-refractivity contribution is 0.883. The lowest BCUT2D eigenvalue weighted by Gasteiger charge is -2.24. The number of aryl methyl sites for hydroxylation is 1. The Morgan fingerprint density at radius 2 is 1.33 bits per heavy atom. The maximum Gasteiger partial charge on any atom is 0.0790 e. The van der Waals surface area contributed by atoms with Gasteiger partial charge < -0.3 is 5.32 Å². The number of nitrogens with one attached hydrogen (secondary N) is 1. The highest BCUT2D eigenvalue weighted by Crippen LogP contribution is 2.39. The molecular formula is C41H42N2. The van der Waals surface area contributed by atoms with Crippen LogP contribution in [0.4, 0.5) is 5.69 Å². The van der Waals surface area contributed by atoms with Crippen LogP contribution in [0.25, 0.3) is 57.2 Å². The number of benzene rings is 4. The quantitative estimate of drug-likeness (QED) is 0.190. The summed E-state index contributed by atoms with van der Waals surface area (Å²) in [5.74, 6) is 0. The maximum atomic E-state index is 5.13. The number of para-hydroxylation sites is 1. The van der Waals surface area contributed by atoms with Crippen LogP contribution in [0.5, 0.6) is 0 Å². The summed E-state index contributed by atoms with van der Waals surface area (Å²) in [6.07, 6.45) is 14.9. The predicted octanol–water partition coefficient (Wildman–Crippen LogP) is 11.9. The van der Waals surface area contributed by atoms with Gasteiger partial charge in [0.2, 0.25) is 0 Å². The topological polar surface area (TPSA) is 24.9 Å². The number of nitrogens with zero attached hydrogens (tertiary/aromatic N) is 1. The molecule has 0 fully saturated rings. The fourth-order valence-electron chi connectivity index (χ4n) is 6.20. The van der Waals surface area contributed by atoms with E-state index in [0.29, 0.717) is 0 Å². The van der Waals surface area contributed by atoms with Crippen molar-refractivity contribution in [1.82, 2.24) is 4.98 Å². The van der Waals surface area contributed by atoms with Crippen molar-refractivity contribution in [2.75, 3.05) is 5.32 Å². The van der Waals surface area contributed by atoms with Crippen LogP contribution in [0.3, 0.4) is 0 Å². The highest BCUT2D eigenvalue weighted by Gasteiger charge is 2.19. The fraction of sp³-hybridized carbons (Fsp3) is 0.195. The van der Waals surface area contributed by atoms with Crippen LogP contribution in [-0.4, -0.2) is 4.98 Å². The molecule has 1 atom stereocenters. The molecule has 2 heteroatoms. The van der Waals surface area contributed by atoms with Crippen LogP contribution in [0.15, 0.2) is 85.5 Å². The Morgan fingerprint density at radius 1 is 0.698 bits per heavy atom. The Balaban J connectivity index is 1.61. The Morgan fingerprint density at radius 3 is 2.00 bits per heavy atom. The minimum absolute atomic E-state index is 0.0900. The first-order valence-electron chi connectivity index (χ1n) is 15.2. The van der Waals surface area contributed by atoms with E-state index in [2.05, 4.69) is 157 Å². The first kappa shape index (κ1) is 29.8. The van der Waals surface area contributed by atoms with Crippen molar-refractivity contribution in [1.29, 1.82) is 0 Å². The number of hydrogen-bond donors (Lipinski definition) is 1. The Hall–Kier alpha value is -4.69. The lowest BCUT2D eigenvalue weighted by atomic mass is 9.89. The number of hydrogen-bond acceptors (Lipinski definition) is 2. The molecule has 0 saturated heterocycles. The first-order valence-corrected chi connectivity index (χ1v) is 15.2. The number of fused-ring (bicyclic) bond motifs is 2. The number of rotatable bonds is 8. The Labute approximate surface area is 257 Å². The van der Waals surface area contributed by atoms with Gasteiger partial charge in [0.25, 0.3) is 0 Å². The fourth-order valence-corrected chi connectivity index (χ4v) is 6.20. The third-order valence-corrected chi connectivity index (χ3v) is 8.57. The van der Waals surface area contributed by atoms with Gasteiger partial charge in [0.1, 0.15) is 0 Å². The summed E-state index contributed by atoms with van der Waals surface area (Å²) in [5, 5.41) is 6.21. The minimum atomic E-state index is 0.0900. The Kier molecular flexibility index (Phi) is 8.78. The molecule has 1 unspecified atom stereocenters. The van der Waals surface area contributed by atoms with E-state index < -0.39 is 0 Å². The average molecular weight is 563 g/mol. The van der Waals surface area contributed by atoms with Gasteiger partial charge in [-0.3, -0.25) is 0 Å². The van der Waals surface area contributed by atoms with E-state index in [0.717, 1.165) is 22.3 Å². The van der Waals surface area contributed by atoms with Crippen molar-refractivity contribution >= 4 is 51.8 Å². The molecule has 5 rings (SSSR count). The number of allylic oxidation sites excluding steroid dienone is 3. The van der Waals surface area contributed by atoms with Crippen LogP contribution < -0.4 is 5.32 Å². The van der Waals surface area contributed by atoms with Gasteiger partial charge in [0, 0.05) is 39.1 Å². The molecule has 43 heavy (non-hydrogen) atoms. The van der Waals surface area contributed by atoms with Crippen LogP contribution >= 0.6 is 0 Å². The molecule has 0 saturated carbocycles. The van der Waals surface area contributed by atoms with Crippen LogP contribution in [0, 0.1) is 20.8 Å². The molecule has 1 N–H and O–H groups in total. The number of pyridine rings is 1. The zero-order valence-electron chi connectivity index (χ0n) is 26.5. The van der Waals surface area contributed by atoms with Crippen LogP contribution in [0.2, 0.25) is 0 Å². The molecule has 1 heterocycles. The second-order valence-electron chi connectivity index (χ2n) is 11.3. The summed E-state index contributed by atoms with van der Waals surface area (Å²) in [6.45, 7) is 19.2. The molecular weight excluding hydrogens is 520 g/mol. The van der Waals surface area contributed by atoms with Crippen molar-refractivity contribution in [2.45, 2.75) is 54.5 Å². The van der Waals surface area contributed by atoms with Gasteiger partial charge >= 0.3 is 0 Å². The van der Waals surface area contributed by atoms with E-state index in [1.54, 1.807) is 0 Å². The molecule has 4 aromatic carbocycles. The Bertz CT molecular complexity index is 1920. The second-order valence-corrected chi connectivity index (χ2v) is 11.3. The number of aromatic nitrogens is 1. The molecule has 0 aliphatic heterocycles. The van der Waals surface area contributed by atoms with E-state index in [9.17, 15) is 0 Å². The molecule has 0 amide bonds. The van der Waals surface area contributed by atoms with Gasteiger partial charge in [-0.2, -0.15) is 0 Å². The van der Waals surface area contributed by atoms with E-state index in [4.69, 9.17) is 4.98 Å². The van der Waals surface area contributed by atoms with Gasteiger partial charge in [0.15, 0.2) is 0 Å². The SMILES string of the molecule is C=Cc1c(/C=C\C)c(C)c(C)c(/C=C\C)c1NC(C)c1ccc(-c2c3ccccc3nc3c(/C=C\C)c(C)ccc23)cc1. The molecule has 0 spiro atoms. The van der Waals surface area contributed by atoms with Gasteiger partial charge in [-0.1, -0.05) is 104 Å². The molecule has 5 aromatic rings. The first-order chi connectivity index (χ1) is 20.8. The normalized spacial score (nSPS) is 12.7. The highest BCUT2D eigenvalue weighted by molar-refractivity contribution is 6.11. The van der Waals surface area contributed by atoms with Gasteiger partial charge in [0.05, 0.1) is 16.7 Å². The third kappa shape index (κ3) is 5.46. The monoisotopic (exact) mass is 562 g/mol. The largest absolute Gasteiger partial charge is 0.378 e. The van der Waals surface area contributed by atoms with Crippen molar-refractivity contribution in [3.8, 4) is 11.1 Å². The minimum Gasteiger partial charge on any atom is -0.378 e. The van der Waals surface area contributed by atoms with E-state index in [1.807, 2.05) is 6.08 Å². The third-order valence-electron chi connectivity index (χ3n) is 8.57. The maximum absolute atomic E-state index is 5.13. The van der Waals surface area contributed by atoms with Crippen LogP contribution in [0.1, 0.15) is 78.2 Å². The number of anilines is 1. The highest BCUT2D eigenvalue weighted by atomic mass is 14.9. The van der Waals surface area contributed by atoms with Crippen molar-refractivity contribution < 1.29 is 0 Å². The van der Waals surface area contributed by atoms with Crippen molar-refractivity contribution in [3.05, 3.63) is 130 Å². The van der Waals surface area contributed by atoms with Gasteiger partial charge in [-0.05, 0) is 87.9 Å². The summed E-state index contributed by atoms with van der Waals surface area (Å²) in [7, 11) is 0. The van der Waals surface area contributed by atoms with E-state index in [-0.39, 0.29) is 6.04 Å². The van der Waals surface area contributed by atoms with Gasteiger partial charge in [-0.15, -0.1) is 0 Å². The smallest absolute Gasteiger partial charge is 0.0790 e. The second kappa shape index (κ2) is 12.7. The van der Waals surface area contributed by atoms with E-state index in [1.165, 1.54) is 60.8 Å². The summed E-state index contributed by atoms with van der Waals surface area (Å²) in [6, 6.07) is 22.0.